The highest BCUT2D eigenvalue weighted by Gasteiger charge is 2.22. The quantitative estimate of drug-likeness (QED) is 0.850. The lowest BCUT2D eigenvalue weighted by Gasteiger charge is -2.23. The molecule has 0 radical (unpaired) electrons. The van der Waals surface area contributed by atoms with Gasteiger partial charge in [0.05, 0.1) is 23.0 Å². The van der Waals surface area contributed by atoms with Crippen molar-refractivity contribution in [3.05, 3.63) is 52.3 Å². The number of benzene rings is 1. The fraction of sp³-hybridized carbons (Fsp3) is 0.471. The van der Waals surface area contributed by atoms with Crippen LogP contribution in [-0.4, -0.2) is 16.3 Å². The van der Waals surface area contributed by atoms with Crippen molar-refractivity contribution >= 4 is 11.6 Å². The first-order valence-corrected chi connectivity index (χ1v) is 7.95. The number of hydrogen-bond acceptors (Lipinski definition) is 2. The summed E-state index contributed by atoms with van der Waals surface area (Å²) in [5.74, 6) is 0. The van der Waals surface area contributed by atoms with Gasteiger partial charge in [0.25, 0.3) is 0 Å². The van der Waals surface area contributed by atoms with Gasteiger partial charge in [-0.05, 0) is 39.3 Å². The van der Waals surface area contributed by atoms with Crippen molar-refractivity contribution in [1.29, 1.82) is 0 Å². The van der Waals surface area contributed by atoms with E-state index in [1.54, 1.807) is 6.20 Å². The molecule has 2 rings (SSSR count). The van der Waals surface area contributed by atoms with Crippen LogP contribution in [0.25, 0.3) is 0 Å². The van der Waals surface area contributed by atoms with Gasteiger partial charge in [0.1, 0.15) is 0 Å². The largest absolute Gasteiger partial charge is 0.305 e. The molecule has 21 heavy (non-hydrogen) atoms. The molecular weight excluding hydrogens is 282 g/mol. The van der Waals surface area contributed by atoms with Gasteiger partial charge < -0.3 is 5.32 Å². The van der Waals surface area contributed by atoms with E-state index in [2.05, 4.69) is 62.4 Å². The number of halogens is 1. The number of nitrogens with zero attached hydrogens (tertiary/aromatic N) is 2. The average Bonchev–Trinajstić information content (AvgIpc) is 2.83. The molecule has 1 heterocycles. The van der Waals surface area contributed by atoms with Gasteiger partial charge in [-0.2, -0.15) is 5.10 Å². The maximum atomic E-state index is 6.42. The van der Waals surface area contributed by atoms with E-state index in [1.165, 1.54) is 11.1 Å². The Morgan fingerprint density at radius 3 is 2.48 bits per heavy atom. The van der Waals surface area contributed by atoms with Crippen LogP contribution in [-0.2, 0) is 0 Å². The lowest BCUT2D eigenvalue weighted by atomic mass is 10.0. The van der Waals surface area contributed by atoms with Gasteiger partial charge in [-0.3, -0.25) is 4.68 Å². The Kier molecular flexibility index (Phi) is 5.43. The highest BCUT2D eigenvalue weighted by Crippen LogP contribution is 2.30. The average molecular weight is 306 g/mol. The summed E-state index contributed by atoms with van der Waals surface area (Å²) in [6.07, 6.45) is 2.82. The third kappa shape index (κ3) is 3.66. The maximum absolute atomic E-state index is 6.42. The van der Waals surface area contributed by atoms with Gasteiger partial charge in [-0.1, -0.05) is 48.4 Å². The van der Waals surface area contributed by atoms with Crippen molar-refractivity contribution < 1.29 is 0 Å². The van der Waals surface area contributed by atoms with Crippen LogP contribution in [0.2, 0.25) is 5.02 Å². The Bertz CT molecular complexity index is 572. The zero-order valence-corrected chi connectivity index (χ0v) is 14.0. The smallest absolute Gasteiger partial charge is 0.0837 e. The molecule has 0 saturated heterocycles. The second-order valence-corrected chi connectivity index (χ2v) is 6.12. The highest BCUT2D eigenvalue weighted by molar-refractivity contribution is 6.31. The van der Waals surface area contributed by atoms with Crippen molar-refractivity contribution in [2.45, 2.75) is 46.2 Å². The van der Waals surface area contributed by atoms with E-state index in [1.807, 2.05) is 4.68 Å². The molecular formula is C17H24ClN3. The Morgan fingerprint density at radius 2 is 1.90 bits per heavy atom. The normalized spacial score (nSPS) is 12.9. The van der Waals surface area contributed by atoms with Crippen molar-refractivity contribution in [2.24, 2.45) is 0 Å². The zero-order chi connectivity index (χ0) is 15.4. The Hall–Kier alpha value is -1.32. The van der Waals surface area contributed by atoms with Gasteiger partial charge in [-0.25, -0.2) is 0 Å². The lowest BCUT2D eigenvalue weighted by molar-refractivity contribution is 0.472. The summed E-state index contributed by atoms with van der Waals surface area (Å²) in [5.41, 5.74) is 3.53. The van der Waals surface area contributed by atoms with Gasteiger partial charge in [0.15, 0.2) is 0 Å². The number of aryl methyl sites for hydroxylation is 1. The van der Waals surface area contributed by atoms with Crippen LogP contribution in [0, 0.1) is 6.92 Å². The molecule has 0 fully saturated rings. The van der Waals surface area contributed by atoms with E-state index in [4.69, 9.17) is 11.6 Å². The molecule has 0 saturated carbocycles. The predicted octanol–water partition coefficient (Wildman–Crippen LogP) is 4.51. The molecule has 1 atom stereocenters. The number of nitrogens with one attached hydrogen (secondary N) is 1. The first kappa shape index (κ1) is 16.1. The molecule has 1 N–H and O–H groups in total. The summed E-state index contributed by atoms with van der Waals surface area (Å²) in [5, 5.41) is 8.75. The number of aromatic nitrogens is 2. The molecule has 0 amide bonds. The minimum atomic E-state index is 0.0722. The summed E-state index contributed by atoms with van der Waals surface area (Å²) < 4.78 is 2.01. The molecule has 0 spiro atoms. The molecule has 2 aromatic rings. The second-order valence-electron chi connectivity index (χ2n) is 5.71. The highest BCUT2D eigenvalue weighted by atomic mass is 35.5. The summed E-state index contributed by atoms with van der Waals surface area (Å²) in [7, 11) is 0. The number of hydrogen-bond donors (Lipinski definition) is 1. The van der Waals surface area contributed by atoms with Crippen LogP contribution in [0.3, 0.4) is 0 Å². The van der Waals surface area contributed by atoms with Crippen molar-refractivity contribution in [2.75, 3.05) is 6.54 Å². The van der Waals surface area contributed by atoms with Crippen LogP contribution in [0.15, 0.2) is 30.5 Å². The Balaban J connectivity index is 2.45. The van der Waals surface area contributed by atoms with Gasteiger partial charge in [-0.15, -0.1) is 0 Å². The van der Waals surface area contributed by atoms with Crippen LogP contribution in [0.5, 0.6) is 0 Å². The SMILES string of the molecule is CCCNC(c1ccc(C)cc1)c1c(Cl)cnn1C(C)C. The van der Waals surface area contributed by atoms with Crippen LogP contribution < -0.4 is 5.32 Å². The van der Waals surface area contributed by atoms with E-state index < -0.39 is 0 Å². The fourth-order valence-corrected chi connectivity index (χ4v) is 2.69. The monoisotopic (exact) mass is 305 g/mol. The van der Waals surface area contributed by atoms with Gasteiger partial charge >= 0.3 is 0 Å². The first-order chi connectivity index (χ1) is 10.0. The molecule has 1 aromatic carbocycles. The molecule has 0 aliphatic heterocycles. The standard InChI is InChI=1S/C17H24ClN3/c1-5-10-19-16(14-8-6-13(4)7-9-14)17-15(18)11-20-21(17)12(2)3/h6-9,11-12,16,19H,5,10H2,1-4H3. The number of rotatable bonds is 6. The minimum Gasteiger partial charge on any atom is -0.305 e. The summed E-state index contributed by atoms with van der Waals surface area (Å²) in [6, 6.07) is 8.96. The van der Waals surface area contributed by atoms with E-state index in [0.29, 0.717) is 0 Å². The fourth-order valence-electron chi connectivity index (χ4n) is 2.45. The van der Waals surface area contributed by atoms with Gasteiger partial charge in [0.2, 0.25) is 0 Å². The van der Waals surface area contributed by atoms with Crippen molar-refractivity contribution in [3.8, 4) is 0 Å². The molecule has 3 nitrogen and oxygen atoms in total. The maximum Gasteiger partial charge on any atom is 0.0837 e. The lowest BCUT2D eigenvalue weighted by Crippen LogP contribution is -2.26. The second kappa shape index (κ2) is 7.10. The third-order valence-electron chi connectivity index (χ3n) is 3.56. The molecule has 1 aromatic heterocycles. The van der Waals surface area contributed by atoms with E-state index in [9.17, 15) is 0 Å². The van der Waals surface area contributed by atoms with E-state index in [-0.39, 0.29) is 12.1 Å². The molecule has 1 unspecified atom stereocenters. The predicted molar refractivity (Wildman–Crippen MR) is 88.9 cm³/mol. The molecule has 0 aliphatic carbocycles. The molecule has 0 bridgehead atoms. The Morgan fingerprint density at radius 1 is 1.24 bits per heavy atom. The summed E-state index contributed by atoms with van der Waals surface area (Å²) >= 11 is 6.42. The van der Waals surface area contributed by atoms with Gasteiger partial charge in [0, 0.05) is 6.04 Å². The van der Waals surface area contributed by atoms with Crippen molar-refractivity contribution in [3.63, 3.8) is 0 Å². The van der Waals surface area contributed by atoms with Crippen LogP contribution in [0.1, 0.15) is 56.1 Å². The topological polar surface area (TPSA) is 29.9 Å². The van der Waals surface area contributed by atoms with Crippen LogP contribution >= 0.6 is 11.6 Å². The summed E-state index contributed by atoms with van der Waals surface area (Å²) in [6.45, 7) is 9.46. The first-order valence-electron chi connectivity index (χ1n) is 7.57. The van der Waals surface area contributed by atoms with E-state index >= 15 is 0 Å². The van der Waals surface area contributed by atoms with Crippen LogP contribution in [0.4, 0.5) is 0 Å². The third-order valence-corrected chi connectivity index (χ3v) is 3.85. The van der Waals surface area contributed by atoms with Crippen molar-refractivity contribution in [1.82, 2.24) is 15.1 Å². The summed E-state index contributed by atoms with van der Waals surface area (Å²) in [4.78, 5) is 0. The Labute approximate surface area is 132 Å². The zero-order valence-electron chi connectivity index (χ0n) is 13.2. The molecule has 114 valence electrons. The minimum absolute atomic E-state index is 0.0722. The molecule has 0 aliphatic rings. The van der Waals surface area contributed by atoms with E-state index in [0.717, 1.165) is 23.7 Å². The molecule has 4 heteroatoms.